The van der Waals surface area contributed by atoms with Crippen LogP contribution in [0.5, 0.6) is 0 Å². The van der Waals surface area contributed by atoms with Crippen LogP contribution in [-0.2, 0) is 26.4 Å². The number of hydrogen-bond acceptors (Lipinski definition) is 12. The van der Waals surface area contributed by atoms with E-state index >= 15 is 0 Å². The van der Waals surface area contributed by atoms with Crippen molar-refractivity contribution >= 4 is 67.3 Å². The molecule has 0 saturated heterocycles. The third-order valence-corrected chi connectivity index (χ3v) is 6.23. The van der Waals surface area contributed by atoms with Gasteiger partial charge >= 0.3 is 26.8 Å². The van der Waals surface area contributed by atoms with Gasteiger partial charge in [0, 0.05) is 38.6 Å². The SMILES string of the molecule is [CH2-][N+](/N=c1\[n-]cc([N+](=O)[O-])s1)=C1/C=C(Cl)C(=O)C=C1O.[CH2-][N+](/N=c1\[n-]cc([N+](=O)[O-])s1)=C1/C=CC(=O)C=C1O.[Co+3]. The Morgan fingerprint density at radius 1 is 0.825 bits per heavy atom. The first-order valence-corrected chi connectivity index (χ1v) is 11.9. The monoisotopic (exact) mass is 651 g/mol. The molecule has 0 aliphatic heterocycles. The number of halogens is 1. The van der Waals surface area contributed by atoms with Crippen LogP contribution in [0.4, 0.5) is 10.0 Å². The molecule has 0 radical (unpaired) electrons. The van der Waals surface area contributed by atoms with E-state index in [1.807, 2.05) is 0 Å². The molecule has 2 aromatic heterocycles. The van der Waals surface area contributed by atoms with Crippen LogP contribution in [0, 0.1) is 34.3 Å². The predicted molar refractivity (Wildman–Crippen MR) is 135 cm³/mol. The molecule has 0 amide bonds. The smallest absolute Gasteiger partial charge is 0.520 e. The van der Waals surface area contributed by atoms with Crippen molar-refractivity contribution in [3.05, 3.63) is 103 Å². The van der Waals surface area contributed by atoms with Gasteiger partial charge in [0.1, 0.15) is 22.9 Å². The number of allylic oxidation sites excluding steroid dienone is 6. The molecule has 2 N–H and O–H groups in total. The van der Waals surface area contributed by atoms with E-state index < -0.39 is 15.6 Å². The number of nitrogens with zero attached hydrogens (tertiary/aromatic N) is 8. The molecule has 0 atom stereocenters. The number of carbonyl (C=O) groups is 2. The second-order valence-corrected chi connectivity index (χ2v) is 9.28. The maximum Gasteiger partial charge on any atom is 3.00 e. The maximum atomic E-state index is 11.2. The molecule has 2 aliphatic rings. The molecule has 0 bridgehead atoms. The summed E-state index contributed by atoms with van der Waals surface area (Å²) < 4.78 is 2.01. The van der Waals surface area contributed by atoms with Crippen LogP contribution in [0.3, 0.4) is 0 Å². The van der Waals surface area contributed by atoms with Gasteiger partial charge < -0.3 is 29.6 Å². The van der Waals surface area contributed by atoms with Gasteiger partial charge in [0.05, 0.1) is 24.5 Å². The van der Waals surface area contributed by atoms with Gasteiger partial charge in [-0.05, 0) is 12.2 Å². The molecule has 4 rings (SSSR count). The fourth-order valence-electron chi connectivity index (χ4n) is 2.55. The van der Waals surface area contributed by atoms with E-state index in [4.69, 9.17) is 11.6 Å². The molecule has 0 aromatic carbocycles. The number of nitro groups is 2. The van der Waals surface area contributed by atoms with Crippen molar-refractivity contribution in [3.8, 4) is 0 Å². The first kappa shape index (κ1) is 31.7. The molecule has 2 aromatic rings. The second-order valence-electron chi connectivity index (χ2n) is 6.90. The van der Waals surface area contributed by atoms with Crippen LogP contribution < -0.4 is 19.6 Å². The zero-order chi connectivity index (χ0) is 28.9. The fourth-order valence-corrected chi connectivity index (χ4v) is 3.93. The van der Waals surface area contributed by atoms with E-state index in [1.165, 1.54) is 18.2 Å². The van der Waals surface area contributed by atoms with Crippen molar-refractivity contribution in [1.82, 2.24) is 9.97 Å². The van der Waals surface area contributed by atoms with Crippen molar-refractivity contribution in [2.75, 3.05) is 0 Å². The summed E-state index contributed by atoms with van der Waals surface area (Å²) >= 11 is 7.17. The van der Waals surface area contributed by atoms with Crippen molar-refractivity contribution in [2.45, 2.75) is 0 Å². The van der Waals surface area contributed by atoms with Gasteiger partial charge in [-0.15, -0.1) is 0 Å². The van der Waals surface area contributed by atoms with Gasteiger partial charge in [-0.25, -0.2) is 10.2 Å². The maximum absolute atomic E-state index is 11.2. The molecular formula is C20H13ClCoN8O8S2+. The molecule has 208 valence electrons. The van der Waals surface area contributed by atoms with Gasteiger partial charge in [-0.1, -0.05) is 40.4 Å². The van der Waals surface area contributed by atoms with E-state index in [1.54, 1.807) is 0 Å². The Balaban J connectivity index is 0.000000274. The zero-order valence-corrected chi connectivity index (χ0v) is 22.8. The Bertz CT molecular complexity index is 1720. The van der Waals surface area contributed by atoms with Gasteiger partial charge in [0.25, 0.3) is 0 Å². The Morgan fingerprint density at radius 2 is 1.30 bits per heavy atom. The normalized spacial score (nSPS) is 18.1. The van der Waals surface area contributed by atoms with E-state index in [2.05, 4.69) is 34.3 Å². The Morgan fingerprint density at radius 3 is 1.75 bits per heavy atom. The van der Waals surface area contributed by atoms with Crippen LogP contribution in [0.1, 0.15) is 0 Å². The van der Waals surface area contributed by atoms with Gasteiger partial charge in [0.15, 0.2) is 11.6 Å². The van der Waals surface area contributed by atoms with Crippen LogP contribution in [0.2, 0.25) is 0 Å². The first-order valence-electron chi connectivity index (χ1n) is 9.90. The van der Waals surface area contributed by atoms with Crippen molar-refractivity contribution in [3.63, 3.8) is 0 Å². The predicted octanol–water partition coefficient (Wildman–Crippen LogP) is 1.07. The molecule has 0 saturated carbocycles. The third-order valence-electron chi connectivity index (χ3n) is 4.27. The van der Waals surface area contributed by atoms with Crippen LogP contribution >= 0.6 is 34.3 Å². The number of thiazole rings is 2. The average molecular weight is 652 g/mol. The van der Waals surface area contributed by atoms with Crippen molar-refractivity contribution < 1.29 is 55.8 Å². The second kappa shape index (κ2) is 13.5. The quantitative estimate of drug-likeness (QED) is 0.157. The third kappa shape index (κ3) is 7.97. The van der Waals surface area contributed by atoms with Gasteiger partial charge in [-0.3, -0.25) is 29.8 Å². The zero-order valence-electron chi connectivity index (χ0n) is 19.4. The largest absolute Gasteiger partial charge is 3.00 e. The molecule has 40 heavy (non-hydrogen) atoms. The molecule has 0 unspecified atom stereocenters. The van der Waals surface area contributed by atoms with E-state index in [0.29, 0.717) is 0 Å². The van der Waals surface area contributed by atoms with Crippen LogP contribution in [-0.4, -0.2) is 52.4 Å². The number of aromatic nitrogens is 2. The van der Waals surface area contributed by atoms with E-state index in [-0.39, 0.29) is 70.1 Å². The number of aliphatic hydroxyl groups is 2. The van der Waals surface area contributed by atoms with Crippen molar-refractivity contribution in [2.24, 2.45) is 10.2 Å². The van der Waals surface area contributed by atoms with Crippen molar-refractivity contribution in [1.29, 1.82) is 0 Å². The molecule has 20 heteroatoms. The van der Waals surface area contributed by atoms with Gasteiger partial charge in [-0.2, -0.15) is 0 Å². The summed E-state index contributed by atoms with van der Waals surface area (Å²) in [6.45, 7) is 0. The summed E-state index contributed by atoms with van der Waals surface area (Å²) in [4.78, 5) is 49.7. The minimum Gasteiger partial charge on any atom is -0.520 e. The minimum absolute atomic E-state index is 0. The minimum atomic E-state index is -0.593. The summed E-state index contributed by atoms with van der Waals surface area (Å²) in [6.07, 6.45) is 7.87. The summed E-state index contributed by atoms with van der Waals surface area (Å²) in [6, 6.07) is 0. The summed E-state index contributed by atoms with van der Waals surface area (Å²) in [5.74, 6) is -1.52. The van der Waals surface area contributed by atoms with Gasteiger partial charge in [0.2, 0.25) is 0 Å². The number of ketones is 2. The fraction of sp³-hybridized carbons (Fsp3) is 0. The topological polar surface area (TPSA) is 220 Å². The Hall–Kier alpha value is -4.56. The number of hydrogen-bond donors (Lipinski definition) is 2. The molecular weight excluding hydrogens is 639 g/mol. The van der Waals surface area contributed by atoms with E-state index in [9.17, 15) is 40.0 Å². The molecule has 16 nitrogen and oxygen atoms in total. The van der Waals surface area contributed by atoms with E-state index in [0.717, 1.165) is 56.6 Å². The number of aliphatic hydroxyl groups excluding tert-OH is 2. The van der Waals surface area contributed by atoms with Crippen LogP contribution in [0.15, 0.2) is 69.5 Å². The average Bonchev–Trinajstić information content (AvgIpc) is 3.52. The summed E-state index contributed by atoms with van der Waals surface area (Å²) in [7, 11) is 7.08. The van der Waals surface area contributed by atoms with Crippen LogP contribution in [0.25, 0.3) is 0 Å². The number of carbonyl (C=O) groups excluding carboxylic acids is 2. The number of rotatable bonds is 4. The standard InChI is InChI=1S/C10H7ClN4O4S.C10H8N4O4S.Co/c1-14(6-2-5(11)7(16)3-8(6)17)13-10-12-4-9(20-10)15(18)19;1-13(7-3-2-6(15)4-8(7)16)12-10-11-5-9(19-10)14(17)18;/h2-4H,1H2,(H2,12,13,16,17);2-5H,1H2,(H2,11,12,15,16);/q;;+3/p-2. The summed E-state index contributed by atoms with van der Waals surface area (Å²) in [5, 5.41) is 47.5. The Labute approximate surface area is 245 Å². The Kier molecular flexibility index (Phi) is 10.7. The molecule has 0 fully saturated rings. The summed E-state index contributed by atoms with van der Waals surface area (Å²) in [5.41, 5.74) is 0.268. The first-order chi connectivity index (χ1) is 18.3. The molecule has 0 spiro atoms. The molecule has 2 heterocycles. The molecule has 2 aliphatic carbocycles.